The minimum absolute atomic E-state index is 0.0825. The predicted molar refractivity (Wildman–Crippen MR) is 109 cm³/mol. The zero-order valence-corrected chi connectivity index (χ0v) is 15.7. The molecule has 4 aromatic rings. The van der Waals surface area contributed by atoms with E-state index in [2.05, 4.69) is 15.4 Å². The van der Waals surface area contributed by atoms with Gasteiger partial charge in [0.05, 0.1) is 11.8 Å². The number of nitriles is 1. The molecule has 7 heteroatoms. The number of benzene rings is 3. The molecule has 3 aromatic carbocycles. The monoisotopic (exact) mass is 397 g/mol. The maximum absolute atomic E-state index is 14.1. The van der Waals surface area contributed by atoms with Gasteiger partial charge in [-0.3, -0.25) is 4.79 Å². The van der Waals surface area contributed by atoms with Gasteiger partial charge in [-0.1, -0.05) is 66.7 Å². The Labute approximate surface area is 172 Å². The number of aromatic nitrogens is 3. The highest BCUT2D eigenvalue weighted by Crippen LogP contribution is 2.22. The van der Waals surface area contributed by atoms with Crippen molar-refractivity contribution >= 4 is 5.91 Å². The molecular weight excluding hydrogens is 381 g/mol. The lowest BCUT2D eigenvalue weighted by Crippen LogP contribution is -2.29. The van der Waals surface area contributed by atoms with E-state index >= 15 is 0 Å². The first-order valence-corrected chi connectivity index (χ1v) is 9.20. The van der Waals surface area contributed by atoms with Gasteiger partial charge in [0.15, 0.2) is 5.82 Å². The molecular formula is C23H16FN5O. The number of nitrogens with one attached hydrogen (secondary N) is 1. The molecule has 0 saturated heterocycles. The van der Waals surface area contributed by atoms with Crippen molar-refractivity contribution in [3.05, 3.63) is 102 Å². The Kier molecular flexibility index (Phi) is 5.31. The lowest BCUT2D eigenvalue weighted by Gasteiger charge is -2.11. The fourth-order valence-electron chi connectivity index (χ4n) is 3.02. The Morgan fingerprint density at radius 3 is 2.27 bits per heavy atom. The summed E-state index contributed by atoms with van der Waals surface area (Å²) < 4.78 is 15.6. The van der Waals surface area contributed by atoms with E-state index < -0.39 is 17.8 Å². The maximum atomic E-state index is 14.1. The lowest BCUT2D eigenvalue weighted by atomic mass is 10.1. The van der Waals surface area contributed by atoms with Crippen LogP contribution in [0.1, 0.15) is 22.2 Å². The summed E-state index contributed by atoms with van der Waals surface area (Å²) in [6, 6.07) is 25.2. The summed E-state index contributed by atoms with van der Waals surface area (Å²) >= 11 is 0. The van der Waals surface area contributed by atoms with Crippen molar-refractivity contribution in [1.29, 1.82) is 5.26 Å². The number of carbonyl (C=O) groups excluding carboxylic acids is 1. The van der Waals surface area contributed by atoms with Gasteiger partial charge in [0.1, 0.15) is 11.9 Å². The molecule has 30 heavy (non-hydrogen) atoms. The molecule has 0 radical (unpaired) electrons. The van der Waals surface area contributed by atoms with Crippen LogP contribution in [0.3, 0.4) is 0 Å². The quantitative estimate of drug-likeness (QED) is 0.550. The molecule has 1 unspecified atom stereocenters. The molecule has 0 aliphatic rings. The second-order valence-electron chi connectivity index (χ2n) is 6.43. The number of nitrogens with zero attached hydrogens (tertiary/aromatic N) is 4. The van der Waals surface area contributed by atoms with Crippen LogP contribution in [0.4, 0.5) is 4.39 Å². The molecule has 0 spiro atoms. The average Bonchev–Trinajstić information content (AvgIpc) is 3.25. The van der Waals surface area contributed by atoms with Crippen molar-refractivity contribution in [3.63, 3.8) is 0 Å². The molecule has 0 saturated carbocycles. The summed E-state index contributed by atoms with van der Waals surface area (Å²) in [5.41, 5.74) is 1.59. The Morgan fingerprint density at radius 1 is 0.967 bits per heavy atom. The Morgan fingerprint density at radius 2 is 1.60 bits per heavy atom. The van der Waals surface area contributed by atoms with E-state index in [4.69, 9.17) is 0 Å². The molecule has 1 atom stereocenters. The summed E-state index contributed by atoms with van der Waals surface area (Å²) in [5, 5.41) is 16.3. The van der Waals surface area contributed by atoms with Crippen LogP contribution in [0.25, 0.3) is 17.1 Å². The van der Waals surface area contributed by atoms with Crippen LogP contribution in [0, 0.1) is 17.1 Å². The van der Waals surface area contributed by atoms with E-state index in [0.29, 0.717) is 5.82 Å². The van der Waals surface area contributed by atoms with Gasteiger partial charge in [-0.05, 0) is 18.2 Å². The number of carbonyl (C=O) groups is 1. The molecule has 0 aliphatic heterocycles. The van der Waals surface area contributed by atoms with Crippen LogP contribution in [0.5, 0.6) is 0 Å². The first kappa shape index (κ1) is 19.0. The fraction of sp³-hybridized carbons (Fsp3) is 0.0435. The zero-order valence-electron chi connectivity index (χ0n) is 15.7. The second-order valence-corrected chi connectivity index (χ2v) is 6.43. The molecule has 0 bridgehead atoms. The Balaban J connectivity index is 1.71. The Bertz CT molecular complexity index is 1160. The number of hydrogen-bond donors (Lipinski definition) is 1. The molecule has 6 nitrogen and oxygen atoms in total. The van der Waals surface area contributed by atoms with Gasteiger partial charge < -0.3 is 5.32 Å². The van der Waals surface area contributed by atoms with Crippen molar-refractivity contribution in [3.8, 4) is 23.1 Å². The molecule has 1 heterocycles. The summed E-state index contributed by atoms with van der Waals surface area (Å²) in [7, 11) is 0. The van der Waals surface area contributed by atoms with Gasteiger partial charge in [-0.2, -0.15) is 5.26 Å². The van der Waals surface area contributed by atoms with Gasteiger partial charge >= 0.3 is 0 Å². The Hall–Kier alpha value is -4.31. The SMILES string of the molecule is N#CC(NC(=O)c1nc(-c2ccccc2)n(-c2ccccc2)n1)c1ccccc1F. The van der Waals surface area contributed by atoms with Crippen LogP contribution >= 0.6 is 0 Å². The van der Waals surface area contributed by atoms with E-state index in [1.807, 2.05) is 66.7 Å². The topological polar surface area (TPSA) is 83.6 Å². The van der Waals surface area contributed by atoms with Crippen LogP contribution in [0.2, 0.25) is 0 Å². The molecule has 0 fully saturated rings. The largest absolute Gasteiger partial charge is 0.330 e. The van der Waals surface area contributed by atoms with Crippen LogP contribution in [-0.4, -0.2) is 20.7 Å². The number of halogens is 1. The minimum atomic E-state index is -1.16. The maximum Gasteiger partial charge on any atom is 0.292 e. The van der Waals surface area contributed by atoms with Gasteiger partial charge in [0, 0.05) is 11.1 Å². The summed E-state index contributed by atoms with van der Waals surface area (Å²) in [4.78, 5) is 17.2. The summed E-state index contributed by atoms with van der Waals surface area (Å²) in [6.07, 6.45) is 0. The molecule has 1 amide bonds. The van der Waals surface area contributed by atoms with E-state index in [9.17, 15) is 14.4 Å². The van der Waals surface area contributed by atoms with Crippen molar-refractivity contribution in [2.24, 2.45) is 0 Å². The summed E-state index contributed by atoms with van der Waals surface area (Å²) in [6.45, 7) is 0. The van der Waals surface area contributed by atoms with Gasteiger partial charge in [-0.25, -0.2) is 14.1 Å². The first-order chi connectivity index (χ1) is 14.7. The molecule has 1 N–H and O–H groups in total. The van der Waals surface area contributed by atoms with Crippen molar-refractivity contribution in [1.82, 2.24) is 20.1 Å². The van der Waals surface area contributed by atoms with E-state index in [1.54, 1.807) is 10.7 Å². The van der Waals surface area contributed by atoms with Gasteiger partial charge in [0.2, 0.25) is 5.82 Å². The number of rotatable bonds is 5. The second kappa shape index (κ2) is 8.37. The molecule has 146 valence electrons. The van der Waals surface area contributed by atoms with E-state index in [1.165, 1.54) is 18.2 Å². The standard InChI is InChI=1S/C23H16FN5O/c24-19-14-8-7-13-18(19)20(15-25)26-23(30)21-27-22(16-9-3-1-4-10-16)29(28-21)17-11-5-2-6-12-17/h1-14,20H,(H,26,30). The van der Waals surface area contributed by atoms with Crippen molar-refractivity contribution in [2.45, 2.75) is 6.04 Å². The number of hydrogen-bond acceptors (Lipinski definition) is 4. The van der Waals surface area contributed by atoms with Crippen LogP contribution in [-0.2, 0) is 0 Å². The van der Waals surface area contributed by atoms with Crippen LogP contribution in [0.15, 0.2) is 84.9 Å². The zero-order chi connectivity index (χ0) is 20.9. The third-order valence-electron chi connectivity index (χ3n) is 4.46. The molecule has 0 aliphatic carbocycles. The van der Waals surface area contributed by atoms with E-state index in [-0.39, 0.29) is 11.4 Å². The highest BCUT2D eigenvalue weighted by Gasteiger charge is 2.23. The average molecular weight is 397 g/mol. The highest BCUT2D eigenvalue weighted by atomic mass is 19.1. The molecule has 1 aromatic heterocycles. The number of amides is 1. The van der Waals surface area contributed by atoms with Gasteiger partial charge in [-0.15, -0.1) is 5.10 Å². The predicted octanol–water partition coefficient (Wildman–Crippen LogP) is 4.07. The van der Waals surface area contributed by atoms with Gasteiger partial charge in [0.25, 0.3) is 5.91 Å². The summed E-state index contributed by atoms with van der Waals surface area (Å²) in [5.74, 6) is -0.880. The third-order valence-corrected chi connectivity index (χ3v) is 4.46. The third kappa shape index (κ3) is 3.80. The number of para-hydroxylation sites is 1. The fourth-order valence-corrected chi connectivity index (χ4v) is 3.02. The highest BCUT2D eigenvalue weighted by molar-refractivity contribution is 5.91. The lowest BCUT2D eigenvalue weighted by molar-refractivity contribution is 0.0934. The first-order valence-electron chi connectivity index (χ1n) is 9.20. The van der Waals surface area contributed by atoms with Crippen molar-refractivity contribution in [2.75, 3.05) is 0 Å². The minimum Gasteiger partial charge on any atom is -0.330 e. The smallest absolute Gasteiger partial charge is 0.292 e. The molecule has 4 rings (SSSR count). The van der Waals surface area contributed by atoms with Crippen LogP contribution < -0.4 is 5.32 Å². The normalized spacial score (nSPS) is 11.5. The van der Waals surface area contributed by atoms with E-state index in [0.717, 1.165) is 11.3 Å². The van der Waals surface area contributed by atoms with Crippen molar-refractivity contribution < 1.29 is 9.18 Å².